The van der Waals surface area contributed by atoms with E-state index < -0.39 is 4.92 Å². The van der Waals surface area contributed by atoms with Crippen molar-refractivity contribution in [3.63, 3.8) is 0 Å². The number of carbonyl (C=O) groups excluding carboxylic acids is 1. The maximum atomic E-state index is 12.2. The molecule has 136 valence electrons. The van der Waals surface area contributed by atoms with Crippen LogP contribution < -0.4 is 10.6 Å². The predicted octanol–water partition coefficient (Wildman–Crippen LogP) is 4.57. The number of hydrogen-bond donors (Lipinski definition) is 2. The van der Waals surface area contributed by atoms with Gasteiger partial charge < -0.3 is 10.6 Å². The molecule has 0 unspecified atom stereocenters. The van der Waals surface area contributed by atoms with Crippen LogP contribution in [0.25, 0.3) is 11.3 Å². The fourth-order valence-corrected chi connectivity index (χ4v) is 3.04. The van der Waals surface area contributed by atoms with Crippen LogP contribution in [0.3, 0.4) is 0 Å². The lowest BCUT2D eigenvalue weighted by Gasteiger charge is -2.06. The molecule has 1 amide bonds. The zero-order chi connectivity index (χ0) is 19.2. The monoisotopic (exact) mass is 380 g/mol. The van der Waals surface area contributed by atoms with Gasteiger partial charge >= 0.3 is 0 Å². The van der Waals surface area contributed by atoms with Crippen molar-refractivity contribution in [3.8, 4) is 11.3 Å². The van der Waals surface area contributed by atoms with Gasteiger partial charge in [-0.1, -0.05) is 18.2 Å². The third-order valence-electron chi connectivity index (χ3n) is 3.68. The number of aromatic nitrogens is 1. The topological polar surface area (TPSA) is 97.2 Å². The van der Waals surface area contributed by atoms with Crippen LogP contribution in [0.15, 0.2) is 66.6 Å². The van der Waals surface area contributed by atoms with Crippen molar-refractivity contribution in [1.29, 1.82) is 0 Å². The summed E-state index contributed by atoms with van der Waals surface area (Å²) in [6, 6.07) is 12.8. The van der Waals surface area contributed by atoms with Crippen molar-refractivity contribution in [3.05, 3.63) is 82.2 Å². The molecular weight excluding hydrogens is 364 g/mol. The fraction of sp³-hybridized carbons (Fsp3) is 0.0526. The predicted molar refractivity (Wildman–Crippen MR) is 107 cm³/mol. The summed E-state index contributed by atoms with van der Waals surface area (Å²) in [5, 5.41) is 19.4. The molecule has 0 aliphatic heterocycles. The van der Waals surface area contributed by atoms with Gasteiger partial charge in [0.05, 0.1) is 10.6 Å². The Morgan fingerprint density at radius 3 is 2.52 bits per heavy atom. The number of carbonyl (C=O) groups is 1. The molecule has 7 nitrogen and oxygen atoms in total. The number of nitro benzene ring substituents is 1. The summed E-state index contributed by atoms with van der Waals surface area (Å²) in [7, 11) is 0. The number of anilines is 2. The molecule has 2 N–H and O–H groups in total. The summed E-state index contributed by atoms with van der Waals surface area (Å²) in [4.78, 5) is 26.9. The van der Waals surface area contributed by atoms with Crippen molar-refractivity contribution in [2.45, 2.75) is 0 Å². The summed E-state index contributed by atoms with van der Waals surface area (Å²) < 4.78 is 0. The minimum absolute atomic E-state index is 0.0545. The van der Waals surface area contributed by atoms with E-state index in [1.165, 1.54) is 35.6 Å². The van der Waals surface area contributed by atoms with E-state index >= 15 is 0 Å². The van der Waals surface area contributed by atoms with E-state index in [-0.39, 0.29) is 11.6 Å². The summed E-state index contributed by atoms with van der Waals surface area (Å²) in [6.07, 6.45) is 1.77. The number of nitrogens with one attached hydrogen (secondary N) is 2. The molecular formula is C19H16N4O3S. The van der Waals surface area contributed by atoms with Crippen LogP contribution >= 0.6 is 11.3 Å². The summed E-state index contributed by atoms with van der Waals surface area (Å²) in [5.41, 5.74) is 2.71. The second-order valence-electron chi connectivity index (χ2n) is 5.54. The standard InChI is InChI=1S/C19H16N4O3S/c1-2-11-20-19-22-17(12-27-19)13-3-7-15(8-4-13)21-18(24)14-5-9-16(10-6-14)23(25)26/h2-10,12H,1,11H2,(H,20,22)(H,21,24). The molecule has 1 heterocycles. The van der Waals surface area contributed by atoms with Crippen LogP contribution in [-0.4, -0.2) is 22.4 Å². The Kier molecular flexibility index (Phi) is 5.58. The highest BCUT2D eigenvalue weighted by Crippen LogP contribution is 2.26. The van der Waals surface area contributed by atoms with E-state index in [9.17, 15) is 14.9 Å². The van der Waals surface area contributed by atoms with Gasteiger partial charge in [-0.2, -0.15) is 0 Å². The number of nitro groups is 1. The lowest BCUT2D eigenvalue weighted by molar-refractivity contribution is -0.384. The molecule has 0 saturated carbocycles. The first-order valence-corrected chi connectivity index (χ1v) is 8.91. The molecule has 0 radical (unpaired) electrons. The maximum Gasteiger partial charge on any atom is 0.269 e. The van der Waals surface area contributed by atoms with Gasteiger partial charge in [0.1, 0.15) is 0 Å². The van der Waals surface area contributed by atoms with E-state index in [1.54, 1.807) is 18.2 Å². The first kappa shape index (κ1) is 18.3. The van der Waals surface area contributed by atoms with E-state index in [0.717, 1.165) is 16.4 Å². The molecule has 0 bridgehead atoms. The number of thiazole rings is 1. The number of rotatable bonds is 7. The van der Waals surface area contributed by atoms with Crippen LogP contribution in [-0.2, 0) is 0 Å². The molecule has 3 rings (SSSR count). The van der Waals surface area contributed by atoms with Gasteiger partial charge in [-0.15, -0.1) is 17.9 Å². The Hall–Kier alpha value is -3.52. The first-order valence-electron chi connectivity index (χ1n) is 8.03. The highest BCUT2D eigenvalue weighted by molar-refractivity contribution is 7.14. The molecule has 27 heavy (non-hydrogen) atoms. The number of nitrogens with zero attached hydrogens (tertiary/aromatic N) is 2. The largest absolute Gasteiger partial charge is 0.358 e. The minimum Gasteiger partial charge on any atom is -0.358 e. The van der Waals surface area contributed by atoms with Crippen molar-refractivity contribution in [1.82, 2.24) is 4.98 Å². The summed E-state index contributed by atoms with van der Waals surface area (Å²) >= 11 is 1.51. The smallest absolute Gasteiger partial charge is 0.269 e. The highest BCUT2D eigenvalue weighted by atomic mass is 32.1. The van der Waals surface area contributed by atoms with Crippen LogP contribution in [0, 0.1) is 10.1 Å². The quantitative estimate of drug-likeness (QED) is 0.355. The molecule has 1 aromatic heterocycles. The van der Waals surface area contributed by atoms with Crippen LogP contribution in [0.5, 0.6) is 0 Å². The van der Waals surface area contributed by atoms with Gasteiger partial charge in [0, 0.05) is 40.9 Å². The Morgan fingerprint density at radius 1 is 1.19 bits per heavy atom. The van der Waals surface area contributed by atoms with E-state index in [0.29, 0.717) is 17.8 Å². The zero-order valence-electron chi connectivity index (χ0n) is 14.2. The average molecular weight is 380 g/mol. The Balaban J connectivity index is 1.66. The lowest BCUT2D eigenvalue weighted by atomic mass is 10.1. The third-order valence-corrected chi connectivity index (χ3v) is 4.48. The summed E-state index contributed by atoms with van der Waals surface area (Å²) in [6.45, 7) is 4.31. The molecule has 0 saturated heterocycles. The van der Waals surface area contributed by atoms with Crippen LogP contribution in [0.4, 0.5) is 16.5 Å². The summed E-state index contributed by atoms with van der Waals surface area (Å²) in [5.74, 6) is -0.331. The number of amides is 1. The number of hydrogen-bond acceptors (Lipinski definition) is 6. The van der Waals surface area contributed by atoms with Gasteiger partial charge in [0.15, 0.2) is 5.13 Å². The lowest BCUT2D eigenvalue weighted by Crippen LogP contribution is -2.11. The van der Waals surface area contributed by atoms with Gasteiger partial charge in [0.2, 0.25) is 0 Å². The molecule has 8 heteroatoms. The van der Waals surface area contributed by atoms with E-state index in [4.69, 9.17) is 0 Å². The second kappa shape index (κ2) is 8.24. The normalized spacial score (nSPS) is 10.2. The van der Waals surface area contributed by atoms with Crippen molar-refractivity contribution >= 4 is 33.8 Å². The van der Waals surface area contributed by atoms with Crippen molar-refractivity contribution < 1.29 is 9.72 Å². The molecule has 3 aromatic rings. The minimum atomic E-state index is -0.503. The highest BCUT2D eigenvalue weighted by Gasteiger charge is 2.10. The van der Waals surface area contributed by atoms with Crippen molar-refractivity contribution in [2.75, 3.05) is 17.2 Å². The molecule has 0 aliphatic carbocycles. The molecule has 0 spiro atoms. The Bertz CT molecular complexity index is 965. The zero-order valence-corrected chi connectivity index (χ0v) is 15.0. The van der Waals surface area contributed by atoms with Gasteiger partial charge in [-0.3, -0.25) is 14.9 Å². The first-order chi connectivity index (χ1) is 13.1. The number of benzene rings is 2. The van der Waals surface area contributed by atoms with Crippen LogP contribution in [0.1, 0.15) is 10.4 Å². The molecule has 0 atom stereocenters. The fourth-order valence-electron chi connectivity index (χ4n) is 2.31. The van der Waals surface area contributed by atoms with Gasteiger partial charge in [0.25, 0.3) is 11.6 Å². The van der Waals surface area contributed by atoms with E-state index in [2.05, 4.69) is 22.2 Å². The van der Waals surface area contributed by atoms with Crippen molar-refractivity contribution in [2.24, 2.45) is 0 Å². The average Bonchev–Trinajstić information content (AvgIpc) is 3.16. The molecule has 0 fully saturated rings. The second-order valence-corrected chi connectivity index (χ2v) is 6.40. The van der Waals surface area contributed by atoms with Crippen LogP contribution in [0.2, 0.25) is 0 Å². The third kappa shape index (κ3) is 4.56. The Labute approximate surface area is 159 Å². The number of non-ortho nitro benzene ring substituents is 1. The molecule has 2 aromatic carbocycles. The SMILES string of the molecule is C=CCNc1nc(-c2ccc(NC(=O)c3ccc([N+](=O)[O-])cc3)cc2)cs1. The van der Waals surface area contributed by atoms with Gasteiger partial charge in [-0.25, -0.2) is 4.98 Å². The van der Waals surface area contributed by atoms with E-state index in [1.807, 2.05) is 17.5 Å². The van der Waals surface area contributed by atoms with Gasteiger partial charge in [-0.05, 0) is 24.3 Å². The Morgan fingerprint density at radius 2 is 1.89 bits per heavy atom. The molecule has 0 aliphatic rings. The maximum absolute atomic E-state index is 12.2.